The Morgan fingerprint density at radius 3 is 2.14 bits per heavy atom. The molecule has 1 N–H and O–H groups in total. The van der Waals surface area contributed by atoms with Crippen LogP contribution in [0.2, 0.25) is 0 Å². The fourth-order valence-corrected chi connectivity index (χ4v) is 4.41. The van der Waals surface area contributed by atoms with Crippen LogP contribution in [0.25, 0.3) is 0 Å². The Balaban J connectivity index is 2.50. The standard InChI is InChI=1S/C23H39NO3S/c1-17(2)24-22(25)21-16-18(3)15-20(19(21)4)13-11-9-8-10-12-14-28(26,27)23(5,6)7/h15-17H,8-14H2,1-7H3,(H,24,25). The van der Waals surface area contributed by atoms with Crippen LogP contribution in [0.5, 0.6) is 0 Å². The third kappa shape index (κ3) is 7.57. The molecule has 1 aromatic rings. The van der Waals surface area contributed by atoms with Crippen LogP contribution in [0.15, 0.2) is 12.1 Å². The third-order valence-corrected chi connectivity index (χ3v) is 7.81. The highest BCUT2D eigenvalue weighted by molar-refractivity contribution is 7.92. The van der Waals surface area contributed by atoms with Crippen LogP contribution >= 0.6 is 0 Å². The lowest BCUT2D eigenvalue weighted by molar-refractivity contribution is 0.0942. The summed E-state index contributed by atoms with van der Waals surface area (Å²) < 4.78 is 23.6. The minimum absolute atomic E-state index is 0.00231. The summed E-state index contributed by atoms with van der Waals surface area (Å²) in [6.07, 6.45) is 5.83. The first-order valence-electron chi connectivity index (χ1n) is 10.5. The van der Waals surface area contributed by atoms with Crippen molar-refractivity contribution in [3.8, 4) is 0 Å². The lowest BCUT2D eigenvalue weighted by Gasteiger charge is -2.18. The number of amides is 1. The van der Waals surface area contributed by atoms with Gasteiger partial charge < -0.3 is 5.32 Å². The molecule has 160 valence electrons. The van der Waals surface area contributed by atoms with Gasteiger partial charge in [0.15, 0.2) is 9.84 Å². The SMILES string of the molecule is Cc1cc(CCCCCCCS(=O)(=O)C(C)(C)C)c(C)c(C(=O)NC(C)C)c1. The second kappa shape index (κ2) is 10.4. The Morgan fingerprint density at radius 2 is 1.57 bits per heavy atom. The van der Waals surface area contributed by atoms with E-state index in [9.17, 15) is 13.2 Å². The zero-order chi connectivity index (χ0) is 21.5. The second-order valence-electron chi connectivity index (χ2n) is 9.17. The van der Waals surface area contributed by atoms with Gasteiger partial charge in [0.25, 0.3) is 5.91 Å². The number of carbonyl (C=O) groups is 1. The molecule has 28 heavy (non-hydrogen) atoms. The lowest BCUT2D eigenvalue weighted by Crippen LogP contribution is -2.30. The maximum atomic E-state index is 12.4. The van der Waals surface area contributed by atoms with Gasteiger partial charge in [0.2, 0.25) is 0 Å². The number of hydrogen-bond donors (Lipinski definition) is 1. The predicted molar refractivity (Wildman–Crippen MR) is 119 cm³/mol. The van der Waals surface area contributed by atoms with Crippen molar-refractivity contribution in [3.05, 3.63) is 34.4 Å². The molecule has 0 heterocycles. The number of benzene rings is 1. The molecule has 0 atom stereocenters. The van der Waals surface area contributed by atoms with Crippen LogP contribution < -0.4 is 5.32 Å². The first-order valence-corrected chi connectivity index (χ1v) is 12.1. The van der Waals surface area contributed by atoms with Gasteiger partial charge in [-0.1, -0.05) is 30.9 Å². The summed E-state index contributed by atoms with van der Waals surface area (Å²) in [5, 5.41) is 2.98. The normalized spacial score (nSPS) is 12.4. The summed E-state index contributed by atoms with van der Waals surface area (Å²) in [5.41, 5.74) is 4.20. The first kappa shape index (κ1) is 24.7. The molecule has 0 aliphatic rings. The fourth-order valence-electron chi connectivity index (χ4n) is 3.21. The van der Waals surface area contributed by atoms with Crippen molar-refractivity contribution < 1.29 is 13.2 Å². The fraction of sp³-hybridized carbons (Fsp3) is 0.696. The van der Waals surface area contributed by atoms with Crippen molar-refractivity contribution in [1.82, 2.24) is 5.32 Å². The smallest absolute Gasteiger partial charge is 0.251 e. The van der Waals surface area contributed by atoms with Crippen molar-refractivity contribution in [3.63, 3.8) is 0 Å². The van der Waals surface area contributed by atoms with Crippen molar-refractivity contribution in [2.24, 2.45) is 0 Å². The Labute approximate surface area is 172 Å². The van der Waals surface area contributed by atoms with E-state index in [0.29, 0.717) is 0 Å². The molecule has 1 rings (SSSR count). The molecule has 0 unspecified atom stereocenters. The average Bonchev–Trinajstić information content (AvgIpc) is 2.54. The van der Waals surface area contributed by atoms with E-state index in [2.05, 4.69) is 11.4 Å². The van der Waals surface area contributed by atoms with Crippen LogP contribution in [0.3, 0.4) is 0 Å². The molecule has 0 bridgehead atoms. The predicted octanol–water partition coefficient (Wildman–Crippen LogP) is 5.15. The molecular formula is C23H39NO3S. The summed E-state index contributed by atoms with van der Waals surface area (Å²) in [6, 6.07) is 4.27. The number of hydrogen-bond acceptors (Lipinski definition) is 3. The Morgan fingerprint density at radius 1 is 1.00 bits per heavy atom. The Bertz CT molecular complexity index is 759. The molecule has 0 aromatic heterocycles. The van der Waals surface area contributed by atoms with Gasteiger partial charge in [-0.2, -0.15) is 0 Å². The maximum absolute atomic E-state index is 12.4. The minimum atomic E-state index is -3.00. The van der Waals surface area contributed by atoms with Gasteiger partial charge in [0.1, 0.15) is 0 Å². The summed E-state index contributed by atoms with van der Waals surface area (Å²) in [6.45, 7) is 13.3. The minimum Gasteiger partial charge on any atom is -0.350 e. The highest BCUT2D eigenvalue weighted by Gasteiger charge is 2.27. The van der Waals surface area contributed by atoms with Crippen LogP contribution in [-0.4, -0.2) is 30.9 Å². The van der Waals surface area contributed by atoms with E-state index in [1.807, 2.05) is 33.8 Å². The first-order chi connectivity index (χ1) is 12.8. The highest BCUT2D eigenvalue weighted by Crippen LogP contribution is 2.21. The largest absolute Gasteiger partial charge is 0.350 e. The van der Waals surface area contributed by atoms with E-state index in [4.69, 9.17) is 0 Å². The number of sulfone groups is 1. The summed E-state index contributed by atoms with van der Waals surface area (Å²) >= 11 is 0. The topological polar surface area (TPSA) is 63.2 Å². The molecule has 0 radical (unpaired) electrons. The average molecular weight is 410 g/mol. The van der Waals surface area contributed by atoms with E-state index < -0.39 is 14.6 Å². The summed E-state index contributed by atoms with van der Waals surface area (Å²) in [4.78, 5) is 12.4. The molecule has 0 fully saturated rings. The van der Waals surface area contributed by atoms with Crippen molar-refractivity contribution >= 4 is 15.7 Å². The quantitative estimate of drug-likeness (QED) is 0.544. The summed E-state index contributed by atoms with van der Waals surface area (Å²) in [7, 11) is -3.00. The van der Waals surface area contributed by atoms with Gasteiger partial charge in [-0.3, -0.25) is 4.79 Å². The van der Waals surface area contributed by atoms with Crippen LogP contribution in [0.1, 0.15) is 93.8 Å². The second-order valence-corrected chi connectivity index (χ2v) is 12.0. The molecule has 1 aromatic carbocycles. The Hall–Kier alpha value is -1.36. The van der Waals surface area contributed by atoms with Gasteiger partial charge in [-0.05, 0) is 84.9 Å². The molecular weight excluding hydrogens is 370 g/mol. The summed E-state index contributed by atoms with van der Waals surface area (Å²) in [5.74, 6) is 0.277. The van der Waals surface area contributed by atoms with Crippen molar-refractivity contribution in [2.75, 3.05) is 5.75 Å². The van der Waals surface area contributed by atoms with Crippen molar-refractivity contribution in [1.29, 1.82) is 0 Å². The van der Waals surface area contributed by atoms with Crippen LogP contribution in [0.4, 0.5) is 0 Å². The maximum Gasteiger partial charge on any atom is 0.251 e. The number of nitrogens with one attached hydrogen (secondary N) is 1. The van der Waals surface area contributed by atoms with Gasteiger partial charge in [0.05, 0.1) is 10.5 Å². The van der Waals surface area contributed by atoms with Gasteiger partial charge >= 0.3 is 0 Å². The molecule has 0 aliphatic carbocycles. The molecule has 4 nitrogen and oxygen atoms in total. The van der Waals surface area contributed by atoms with E-state index >= 15 is 0 Å². The van der Waals surface area contributed by atoms with Crippen LogP contribution in [0, 0.1) is 13.8 Å². The van der Waals surface area contributed by atoms with E-state index in [-0.39, 0.29) is 17.7 Å². The number of unbranched alkanes of at least 4 members (excludes halogenated alkanes) is 4. The zero-order valence-corrected chi connectivity index (χ0v) is 19.6. The molecule has 0 aliphatic heterocycles. The zero-order valence-electron chi connectivity index (χ0n) is 18.8. The van der Waals surface area contributed by atoms with E-state index in [1.54, 1.807) is 20.8 Å². The third-order valence-electron chi connectivity index (χ3n) is 5.12. The van der Waals surface area contributed by atoms with Crippen LogP contribution in [-0.2, 0) is 16.3 Å². The Kier molecular flexibility index (Phi) is 9.19. The number of carbonyl (C=O) groups excluding carboxylic acids is 1. The lowest BCUT2D eigenvalue weighted by atomic mass is 9.94. The van der Waals surface area contributed by atoms with E-state index in [0.717, 1.165) is 55.2 Å². The van der Waals surface area contributed by atoms with Crippen molar-refractivity contribution in [2.45, 2.75) is 97.8 Å². The van der Waals surface area contributed by atoms with Gasteiger partial charge in [-0.25, -0.2) is 8.42 Å². The van der Waals surface area contributed by atoms with Gasteiger partial charge in [-0.15, -0.1) is 0 Å². The molecule has 0 spiro atoms. The molecule has 5 heteroatoms. The number of aryl methyl sites for hydroxylation is 2. The molecule has 0 saturated heterocycles. The highest BCUT2D eigenvalue weighted by atomic mass is 32.2. The molecule has 1 amide bonds. The molecule has 0 saturated carbocycles. The van der Waals surface area contributed by atoms with Gasteiger partial charge in [0, 0.05) is 11.6 Å². The van der Waals surface area contributed by atoms with E-state index in [1.165, 1.54) is 5.56 Å². The number of rotatable bonds is 10. The monoisotopic (exact) mass is 409 g/mol.